The molecule has 2 amide bonds. The average Bonchev–Trinajstić information content (AvgIpc) is 3.32. The van der Waals surface area contributed by atoms with Crippen LogP contribution in [0.4, 0.5) is 5.69 Å². The van der Waals surface area contributed by atoms with Crippen molar-refractivity contribution < 1.29 is 9.59 Å². The number of rotatable bonds is 7. The van der Waals surface area contributed by atoms with Gasteiger partial charge in [0, 0.05) is 43.4 Å². The zero-order valence-corrected chi connectivity index (χ0v) is 16.7. The van der Waals surface area contributed by atoms with Crippen molar-refractivity contribution in [1.29, 1.82) is 0 Å². The number of hydrogen-bond donors (Lipinski definition) is 2. The van der Waals surface area contributed by atoms with Crippen molar-refractivity contribution in [2.45, 2.75) is 13.1 Å². The fourth-order valence-corrected chi connectivity index (χ4v) is 3.12. The molecule has 0 saturated heterocycles. The molecule has 0 aliphatic carbocycles. The van der Waals surface area contributed by atoms with E-state index in [1.165, 1.54) is 0 Å². The molecule has 2 N–H and O–H groups in total. The molecule has 0 aliphatic rings. The van der Waals surface area contributed by atoms with E-state index in [1.54, 1.807) is 61.3 Å². The largest absolute Gasteiger partial charge is 0.348 e. The molecule has 0 spiro atoms. The van der Waals surface area contributed by atoms with Crippen LogP contribution in [0.15, 0.2) is 91.8 Å². The molecule has 2 aromatic carbocycles. The summed E-state index contributed by atoms with van der Waals surface area (Å²) in [5.74, 6) is -0.544. The molecule has 0 atom stereocenters. The Hall–Kier alpha value is -4.26. The van der Waals surface area contributed by atoms with Crippen LogP contribution in [0.5, 0.6) is 0 Å². The molecular weight excluding hydrogens is 390 g/mol. The maximum Gasteiger partial charge on any atom is 0.255 e. The first-order valence-corrected chi connectivity index (χ1v) is 9.81. The Labute approximate surface area is 179 Å². The molecule has 0 aliphatic heterocycles. The monoisotopic (exact) mass is 411 g/mol. The van der Waals surface area contributed by atoms with Gasteiger partial charge in [0.25, 0.3) is 11.8 Å². The number of pyridine rings is 1. The van der Waals surface area contributed by atoms with Crippen LogP contribution in [0.1, 0.15) is 31.8 Å². The number of carbonyl (C=O) groups is 2. The van der Waals surface area contributed by atoms with E-state index < -0.39 is 0 Å². The normalized spacial score (nSPS) is 10.5. The van der Waals surface area contributed by atoms with Crippen LogP contribution >= 0.6 is 0 Å². The lowest BCUT2D eigenvalue weighted by Crippen LogP contribution is -2.25. The van der Waals surface area contributed by atoms with Gasteiger partial charge in [0.1, 0.15) is 0 Å². The Morgan fingerprint density at radius 1 is 0.839 bits per heavy atom. The quantitative estimate of drug-likeness (QED) is 0.487. The van der Waals surface area contributed by atoms with Crippen LogP contribution < -0.4 is 10.6 Å². The lowest BCUT2D eigenvalue weighted by Gasteiger charge is -2.12. The van der Waals surface area contributed by atoms with Crippen LogP contribution in [0.2, 0.25) is 0 Å². The van der Waals surface area contributed by atoms with E-state index >= 15 is 0 Å². The topological polar surface area (TPSA) is 88.9 Å². The number of carbonyl (C=O) groups excluding carboxylic acids is 2. The van der Waals surface area contributed by atoms with Gasteiger partial charge in [0.05, 0.1) is 17.6 Å². The Kier molecular flexibility index (Phi) is 6.13. The van der Waals surface area contributed by atoms with Gasteiger partial charge in [-0.25, -0.2) is 4.98 Å². The SMILES string of the molecule is O=C(Nc1ccccc1C(=O)NCc1cccnc1)c1ccc(Cn2ccnc2)cc1. The molecule has 31 heavy (non-hydrogen) atoms. The van der Waals surface area contributed by atoms with Gasteiger partial charge in [0.15, 0.2) is 0 Å². The molecule has 7 heteroatoms. The van der Waals surface area contributed by atoms with E-state index in [0.29, 0.717) is 29.9 Å². The van der Waals surface area contributed by atoms with E-state index in [1.807, 2.05) is 35.0 Å². The highest BCUT2D eigenvalue weighted by Gasteiger charge is 2.14. The van der Waals surface area contributed by atoms with Crippen molar-refractivity contribution in [2.24, 2.45) is 0 Å². The van der Waals surface area contributed by atoms with E-state index in [9.17, 15) is 9.59 Å². The minimum atomic E-state index is -0.276. The highest BCUT2D eigenvalue weighted by molar-refractivity contribution is 6.09. The van der Waals surface area contributed by atoms with Gasteiger partial charge in [-0.3, -0.25) is 14.6 Å². The lowest BCUT2D eigenvalue weighted by atomic mass is 10.1. The second-order valence-corrected chi connectivity index (χ2v) is 6.98. The predicted molar refractivity (Wildman–Crippen MR) is 118 cm³/mol. The number of nitrogens with zero attached hydrogens (tertiary/aromatic N) is 3. The molecule has 154 valence electrons. The fraction of sp³-hybridized carbons (Fsp3) is 0.0833. The van der Waals surface area contributed by atoms with Gasteiger partial charge in [-0.15, -0.1) is 0 Å². The molecule has 4 aromatic rings. The molecule has 0 fully saturated rings. The summed E-state index contributed by atoms with van der Waals surface area (Å²) in [6.45, 7) is 1.04. The summed E-state index contributed by atoms with van der Waals surface area (Å²) in [5, 5.41) is 5.70. The maximum atomic E-state index is 12.7. The van der Waals surface area contributed by atoms with Gasteiger partial charge < -0.3 is 15.2 Å². The summed E-state index contributed by atoms with van der Waals surface area (Å²) in [7, 11) is 0. The van der Waals surface area contributed by atoms with Gasteiger partial charge in [-0.1, -0.05) is 30.3 Å². The lowest BCUT2D eigenvalue weighted by molar-refractivity contribution is 0.0951. The Bertz CT molecular complexity index is 1160. The third-order valence-corrected chi connectivity index (χ3v) is 4.74. The minimum Gasteiger partial charge on any atom is -0.348 e. The van der Waals surface area contributed by atoms with E-state index in [2.05, 4.69) is 20.6 Å². The number of nitrogens with one attached hydrogen (secondary N) is 2. The van der Waals surface area contributed by atoms with Gasteiger partial charge in [0.2, 0.25) is 0 Å². The van der Waals surface area contributed by atoms with E-state index in [4.69, 9.17) is 0 Å². The first-order chi connectivity index (χ1) is 15.2. The average molecular weight is 411 g/mol. The van der Waals surface area contributed by atoms with Crippen LogP contribution in [-0.2, 0) is 13.1 Å². The fourth-order valence-electron chi connectivity index (χ4n) is 3.12. The molecule has 2 aromatic heterocycles. The van der Waals surface area contributed by atoms with Gasteiger partial charge in [-0.2, -0.15) is 0 Å². The molecule has 0 radical (unpaired) electrons. The zero-order valence-electron chi connectivity index (χ0n) is 16.7. The third-order valence-electron chi connectivity index (χ3n) is 4.74. The molecule has 7 nitrogen and oxygen atoms in total. The summed E-state index contributed by atoms with van der Waals surface area (Å²) in [6.07, 6.45) is 8.74. The number of hydrogen-bond acceptors (Lipinski definition) is 4. The first kappa shape index (κ1) is 20.0. The Balaban J connectivity index is 1.42. The van der Waals surface area contributed by atoms with Crippen LogP contribution in [0, 0.1) is 0 Å². The van der Waals surface area contributed by atoms with Crippen molar-refractivity contribution in [1.82, 2.24) is 19.9 Å². The summed E-state index contributed by atoms with van der Waals surface area (Å²) in [6, 6.07) is 18.0. The van der Waals surface area contributed by atoms with Crippen molar-refractivity contribution in [3.05, 3.63) is 114 Å². The minimum absolute atomic E-state index is 0.268. The number of imidazole rings is 1. The maximum absolute atomic E-state index is 12.7. The second-order valence-electron chi connectivity index (χ2n) is 6.98. The molecule has 0 unspecified atom stereocenters. The smallest absolute Gasteiger partial charge is 0.255 e. The van der Waals surface area contributed by atoms with Gasteiger partial charge >= 0.3 is 0 Å². The standard InChI is InChI=1S/C24H21N5O2/c30-23(20-9-7-18(8-10-20)16-29-13-12-26-17-29)28-22-6-2-1-5-21(22)24(31)27-15-19-4-3-11-25-14-19/h1-14,17H,15-16H2,(H,27,31)(H,28,30). The van der Waals surface area contributed by atoms with Crippen molar-refractivity contribution in [2.75, 3.05) is 5.32 Å². The van der Waals surface area contributed by atoms with Crippen LogP contribution in [0.3, 0.4) is 0 Å². The number of aromatic nitrogens is 3. The number of anilines is 1. The number of para-hydroxylation sites is 1. The van der Waals surface area contributed by atoms with Gasteiger partial charge in [-0.05, 0) is 41.5 Å². The zero-order chi connectivity index (χ0) is 21.5. The molecule has 0 bridgehead atoms. The molecule has 4 rings (SSSR count). The number of amides is 2. The highest BCUT2D eigenvalue weighted by Crippen LogP contribution is 2.17. The van der Waals surface area contributed by atoms with Crippen molar-refractivity contribution >= 4 is 17.5 Å². The van der Waals surface area contributed by atoms with Crippen LogP contribution in [-0.4, -0.2) is 26.3 Å². The van der Waals surface area contributed by atoms with Crippen molar-refractivity contribution in [3.63, 3.8) is 0 Å². The molecule has 0 saturated carbocycles. The first-order valence-electron chi connectivity index (χ1n) is 9.81. The van der Waals surface area contributed by atoms with Crippen LogP contribution in [0.25, 0.3) is 0 Å². The third kappa shape index (κ3) is 5.22. The number of benzene rings is 2. The van der Waals surface area contributed by atoms with Crippen molar-refractivity contribution in [3.8, 4) is 0 Å². The van der Waals surface area contributed by atoms with E-state index in [0.717, 1.165) is 11.1 Å². The molecular formula is C24H21N5O2. The highest BCUT2D eigenvalue weighted by atomic mass is 16.2. The predicted octanol–water partition coefficient (Wildman–Crippen LogP) is 3.51. The summed E-state index contributed by atoms with van der Waals surface area (Å²) in [4.78, 5) is 33.5. The Morgan fingerprint density at radius 2 is 1.68 bits per heavy atom. The summed E-state index contributed by atoms with van der Waals surface area (Å²) < 4.78 is 1.95. The summed E-state index contributed by atoms with van der Waals surface area (Å²) >= 11 is 0. The molecule has 2 heterocycles. The summed E-state index contributed by atoms with van der Waals surface area (Å²) in [5.41, 5.74) is 3.33. The Morgan fingerprint density at radius 3 is 2.42 bits per heavy atom. The van der Waals surface area contributed by atoms with E-state index in [-0.39, 0.29) is 11.8 Å². The second kappa shape index (κ2) is 9.49.